The van der Waals surface area contributed by atoms with Gasteiger partial charge in [0, 0.05) is 5.56 Å². The normalized spacial score (nSPS) is 11.4. The minimum Gasteiger partial charge on any atom is -0.483 e. The second-order valence-corrected chi connectivity index (χ2v) is 4.13. The predicted octanol–water partition coefficient (Wildman–Crippen LogP) is 3.21. The van der Waals surface area contributed by atoms with Crippen LogP contribution in [0, 0.1) is 11.3 Å². The Labute approximate surface area is 112 Å². The van der Waals surface area contributed by atoms with Crippen LogP contribution in [0.3, 0.4) is 0 Å². The molecule has 0 saturated carbocycles. The van der Waals surface area contributed by atoms with E-state index in [-0.39, 0.29) is 5.78 Å². The number of carbonyl (C=O) groups excluding carboxylic acids is 1. The summed E-state index contributed by atoms with van der Waals surface area (Å²) in [5.41, 5.74) is 1.19. The first-order chi connectivity index (χ1) is 9.20. The maximum Gasteiger partial charge on any atom is 0.202 e. The van der Waals surface area contributed by atoms with E-state index in [9.17, 15) is 4.79 Å². The lowest BCUT2D eigenvalue weighted by Gasteiger charge is -2.13. The van der Waals surface area contributed by atoms with Crippen molar-refractivity contribution in [2.45, 2.75) is 13.0 Å². The number of ketones is 1. The first-order valence-electron chi connectivity index (χ1n) is 5.97. The molecule has 0 bridgehead atoms. The Morgan fingerprint density at radius 3 is 2.32 bits per heavy atom. The number of Topliss-reactive ketones (excluding diaryl/α,β-unsaturated/α-hetero) is 1. The molecule has 0 aliphatic carbocycles. The Morgan fingerprint density at radius 1 is 1.11 bits per heavy atom. The van der Waals surface area contributed by atoms with Gasteiger partial charge in [0.15, 0.2) is 6.10 Å². The van der Waals surface area contributed by atoms with E-state index in [1.54, 1.807) is 43.3 Å². The maximum atomic E-state index is 12.1. The summed E-state index contributed by atoms with van der Waals surface area (Å²) in [6.45, 7) is 1.72. The monoisotopic (exact) mass is 251 g/mol. The molecule has 0 aromatic heterocycles. The zero-order valence-electron chi connectivity index (χ0n) is 10.5. The van der Waals surface area contributed by atoms with Gasteiger partial charge in [0.1, 0.15) is 5.75 Å². The van der Waals surface area contributed by atoms with E-state index in [1.165, 1.54) is 0 Å². The van der Waals surface area contributed by atoms with Gasteiger partial charge >= 0.3 is 0 Å². The van der Waals surface area contributed by atoms with Crippen LogP contribution in [0.25, 0.3) is 0 Å². The van der Waals surface area contributed by atoms with Crippen molar-refractivity contribution in [2.24, 2.45) is 0 Å². The van der Waals surface area contributed by atoms with Crippen molar-refractivity contribution in [1.29, 1.82) is 5.26 Å². The molecule has 0 spiro atoms. The summed E-state index contributed by atoms with van der Waals surface area (Å²) in [6.07, 6.45) is -0.560. The lowest BCUT2D eigenvalue weighted by molar-refractivity contribution is 0.0818. The van der Waals surface area contributed by atoms with Crippen LogP contribution in [0.2, 0.25) is 0 Å². The van der Waals surface area contributed by atoms with E-state index in [4.69, 9.17) is 10.00 Å². The molecular formula is C16H13NO2. The third-order valence-electron chi connectivity index (χ3n) is 2.72. The van der Waals surface area contributed by atoms with Gasteiger partial charge in [-0.15, -0.1) is 0 Å². The molecule has 2 aromatic rings. The Morgan fingerprint density at radius 2 is 1.74 bits per heavy atom. The van der Waals surface area contributed by atoms with Crippen molar-refractivity contribution in [2.75, 3.05) is 0 Å². The Kier molecular flexibility index (Phi) is 3.94. The van der Waals surface area contributed by atoms with Crippen molar-refractivity contribution in [3.63, 3.8) is 0 Å². The second kappa shape index (κ2) is 5.83. The highest BCUT2D eigenvalue weighted by atomic mass is 16.5. The minimum atomic E-state index is -0.560. The highest BCUT2D eigenvalue weighted by molar-refractivity contribution is 5.99. The fraction of sp³-hybridized carbons (Fsp3) is 0.125. The van der Waals surface area contributed by atoms with Crippen LogP contribution in [0.5, 0.6) is 5.75 Å². The molecule has 0 N–H and O–H groups in total. The SMILES string of the molecule is CC(Oc1ccc(C#N)cc1)C(=O)c1ccccc1. The van der Waals surface area contributed by atoms with Gasteiger partial charge in [-0.1, -0.05) is 30.3 Å². The lowest BCUT2D eigenvalue weighted by Crippen LogP contribution is -2.23. The van der Waals surface area contributed by atoms with Gasteiger partial charge in [0.2, 0.25) is 5.78 Å². The van der Waals surface area contributed by atoms with E-state index in [0.29, 0.717) is 16.9 Å². The predicted molar refractivity (Wildman–Crippen MR) is 72.0 cm³/mol. The topological polar surface area (TPSA) is 50.1 Å². The molecule has 19 heavy (non-hydrogen) atoms. The quantitative estimate of drug-likeness (QED) is 0.784. The number of nitrogens with zero attached hydrogens (tertiary/aromatic N) is 1. The van der Waals surface area contributed by atoms with Crippen LogP contribution in [-0.4, -0.2) is 11.9 Å². The van der Waals surface area contributed by atoms with Crippen LogP contribution in [0.15, 0.2) is 54.6 Å². The summed E-state index contributed by atoms with van der Waals surface area (Å²) in [4.78, 5) is 12.1. The zero-order valence-corrected chi connectivity index (χ0v) is 10.5. The fourth-order valence-corrected chi connectivity index (χ4v) is 1.70. The van der Waals surface area contributed by atoms with Crippen LogP contribution in [0.1, 0.15) is 22.8 Å². The summed E-state index contributed by atoms with van der Waals surface area (Å²) in [6, 6.07) is 17.8. The van der Waals surface area contributed by atoms with Gasteiger partial charge < -0.3 is 4.74 Å². The molecule has 0 fully saturated rings. The first kappa shape index (κ1) is 12.8. The number of rotatable bonds is 4. The van der Waals surface area contributed by atoms with Crippen molar-refractivity contribution >= 4 is 5.78 Å². The van der Waals surface area contributed by atoms with Gasteiger partial charge in [-0.05, 0) is 31.2 Å². The molecule has 0 aliphatic rings. The van der Waals surface area contributed by atoms with E-state index in [1.807, 2.05) is 24.3 Å². The highest BCUT2D eigenvalue weighted by Crippen LogP contribution is 2.15. The number of hydrogen-bond donors (Lipinski definition) is 0. The Bertz CT molecular complexity index is 597. The molecule has 0 aliphatic heterocycles. The number of benzene rings is 2. The van der Waals surface area contributed by atoms with Crippen molar-refractivity contribution in [3.05, 3.63) is 65.7 Å². The summed E-state index contributed by atoms with van der Waals surface area (Å²) in [5.74, 6) is 0.515. The van der Waals surface area contributed by atoms with Crippen LogP contribution in [-0.2, 0) is 0 Å². The third kappa shape index (κ3) is 3.20. The molecule has 1 unspecified atom stereocenters. The Hall–Kier alpha value is -2.60. The minimum absolute atomic E-state index is 0.0649. The van der Waals surface area contributed by atoms with Gasteiger partial charge in [0.05, 0.1) is 11.6 Å². The molecule has 0 saturated heterocycles. The standard InChI is InChI=1S/C16H13NO2/c1-12(16(18)14-5-3-2-4-6-14)19-15-9-7-13(11-17)8-10-15/h2-10,12H,1H3. The smallest absolute Gasteiger partial charge is 0.202 e. The van der Waals surface area contributed by atoms with Gasteiger partial charge in [-0.2, -0.15) is 5.26 Å². The molecule has 2 aromatic carbocycles. The summed E-state index contributed by atoms with van der Waals surface area (Å²) < 4.78 is 5.57. The van der Waals surface area contributed by atoms with E-state index in [0.717, 1.165) is 0 Å². The third-order valence-corrected chi connectivity index (χ3v) is 2.72. The molecule has 0 radical (unpaired) electrons. The summed E-state index contributed by atoms with van der Waals surface area (Å²) in [7, 11) is 0. The van der Waals surface area contributed by atoms with Crippen molar-refractivity contribution in [3.8, 4) is 11.8 Å². The average Bonchev–Trinajstić information content (AvgIpc) is 2.48. The fourth-order valence-electron chi connectivity index (χ4n) is 1.70. The Balaban J connectivity index is 2.06. The largest absolute Gasteiger partial charge is 0.483 e. The summed E-state index contributed by atoms with van der Waals surface area (Å²) >= 11 is 0. The number of hydrogen-bond acceptors (Lipinski definition) is 3. The second-order valence-electron chi connectivity index (χ2n) is 4.13. The number of carbonyl (C=O) groups is 1. The molecule has 94 valence electrons. The molecular weight excluding hydrogens is 238 g/mol. The number of nitriles is 1. The molecule has 0 amide bonds. The van der Waals surface area contributed by atoms with Gasteiger partial charge in [-0.25, -0.2) is 0 Å². The molecule has 3 heteroatoms. The number of ether oxygens (including phenoxy) is 1. The molecule has 0 heterocycles. The van der Waals surface area contributed by atoms with E-state index >= 15 is 0 Å². The molecule has 2 rings (SSSR count). The maximum absolute atomic E-state index is 12.1. The molecule has 1 atom stereocenters. The summed E-state index contributed by atoms with van der Waals surface area (Å²) in [5, 5.41) is 8.70. The molecule has 3 nitrogen and oxygen atoms in total. The van der Waals surface area contributed by atoms with Gasteiger partial charge in [0.25, 0.3) is 0 Å². The van der Waals surface area contributed by atoms with E-state index < -0.39 is 6.10 Å². The van der Waals surface area contributed by atoms with Crippen molar-refractivity contribution < 1.29 is 9.53 Å². The van der Waals surface area contributed by atoms with Crippen LogP contribution < -0.4 is 4.74 Å². The highest BCUT2D eigenvalue weighted by Gasteiger charge is 2.16. The van der Waals surface area contributed by atoms with Gasteiger partial charge in [-0.3, -0.25) is 4.79 Å². The van der Waals surface area contributed by atoms with Crippen LogP contribution in [0.4, 0.5) is 0 Å². The zero-order chi connectivity index (χ0) is 13.7. The van der Waals surface area contributed by atoms with E-state index in [2.05, 4.69) is 0 Å². The first-order valence-corrected chi connectivity index (χ1v) is 5.97. The van der Waals surface area contributed by atoms with Crippen molar-refractivity contribution in [1.82, 2.24) is 0 Å². The van der Waals surface area contributed by atoms with Crippen LogP contribution >= 0.6 is 0 Å². The lowest BCUT2D eigenvalue weighted by atomic mass is 10.1. The average molecular weight is 251 g/mol.